The van der Waals surface area contributed by atoms with Crippen molar-refractivity contribution in [3.63, 3.8) is 0 Å². The number of fused-ring (bicyclic) bond motifs is 1. The number of carbonyl (C=O) groups excluding carboxylic acids is 1. The Balaban J connectivity index is 1.79. The van der Waals surface area contributed by atoms with E-state index in [1.165, 1.54) is 5.56 Å². The van der Waals surface area contributed by atoms with Gasteiger partial charge >= 0.3 is 0 Å². The van der Waals surface area contributed by atoms with E-state index in [-0.39, 0.29) is 5.41 Å². The summed E-state index contributed by atoms with van der Waals surface area (Å²) in [5.41, 5.74) is 2.20. The molecule has 1 saturated heterocycles. The van der Waals surface area contributed by atoms with Gasteiger partial charge in [-0.05, 0) is 31.0 Å². The van der Waals surface area contributed by atoms with Crippen molar-refractivity contribution in [3.8, 4) is 0 Å². The van der Waals surface area contributed by atoms with E-state index in [9.17, 15) is 4.79 Å². The van der Waals surface area contributed by atoms with Crippen LogP contribution in [0.5, 0.6) is 0 Å². The molecule has 1 unspecified atom stereocenters. The molecule has 1 fully saturated rings. The SMILES string of the molecule is CCC1(C(=O)N2CCc3ncccc3C2)CCNC1. The minimum Gasteiger partial charge on any atom is -0.337 e. The smallest absolute Gasteiger partial charge is 0.230 e. The molecule has 3 heterocycles. The van der Waals surface area contributed by atoms with Crippen molar-refractivity contribution < 1.29 is 4.79 Å². The third-order valence-corrected chi connectivity index (χ3v) is 4.63. The van der Waals surface area contributed by atoms with E-state index in [0.29, 0.717) is 5.91 Å². The molecule has 4 heteroatoms. The number of aromatic nitrogens is 1. The Morgan fingerprint density at radius 2 is 2.47 bits per heavy atom. The first kappa shape index (κ1) is 12.6. The first-order valence-corrected chi connectivity index (χ1v) is 7.18. The minimum absolute atomic E-state index is 0.167. The highest BCUT2D eigenvalue weighted by Gasteiger charge is 2.42. The zero-order valence-electron chi connectivity index (χ0n) is 11.5. The molecule has 0 bridgehead atoms. The third kappa shape index (κ3) is 2.14. The van der Waals surface area contributed by atoms with Crippen molar-refractivity contribution in [1.82, 2.24) is 15.2 Å². The van der Waals surface area contributed by atoms with E-state index in [4.69, 9.17) is 0 Å². The number of pyridine rings is 1. The van der Waals surface area contributed by atoms with Crippen LogP contribution in [0.25, 0.3) is 0 Å². The van der Waals surface area contributed by atoms with Crippen LogP contribution < -0.4 is 5.32 Å². The van der Waals surface area contributed by atoms with Gasteiger partial charge in [0.2, 0.25) is 5.91 Å². The topological polar surface area (TPSA) is 45.2 Å². The number of rotatable bonds is 2. The molecule has 1 aromatic heterocycles. The second-order valence-electron chi connectivity index (χ2n) is 5.65. The molecule has 1 atom stereocenters. The highest BCUT2D eigenvalue weighted by Crippen LogP contribution is 2.33. The van der Waals surface area contributed by atoms with E-state index < -0.39 is 0 Å². The predicted octanol–water partition coefficient (Wildman–Crippen LogP) is 1.36. The Labute approximate surface area is 114 Å². The lowest BCUT2D eigenvalue weighted by Crippen LogP contribution is -2.47. The average molecular weight is 259 g/mol. The van der Waals surface area contributed by atoms with Crippen molar-refractivity contribution in [2.75, 3.05) is 19.6 Å². The van der Waals surface area contributed by atoms with Gasteiger partial charge in [0.25, 0.3) is 0 Å². The van der Waals surface area contributed by atoms with Gasteiger partial charge in [0, 0.05) is 37.9 Å². The summed E-state index contributed by atoms with van der Waals surface area (Å²) in [6.07, 6.45) is 4.62. The summed E-state index contributed by atoms with van der Waals surface area (Å²) in [6, 6.07) is 4.05. The molecule has 3 rings (SSSR count). The van der Waals surface area contributed by atoms with Crippen LogP contribution in [0, 0.1) is 5.41 Å². The maximum Gasteiger partial charge on any atom is 0.230 e. The summed E-state index contributed by atoms with van der Waals surface area (Å²) >= 11 is 0. The normalized spacial score (nSPS) is 26.3. The summed E-state index contributed by atoms with van der Waals surface area (Å²) < 4.78 is 0. The zero-order chi connectivity index (χ0) is 13.3. The molecular formula is C15H21N3O. The summed E-state index contributed by atoms with van der Waals surface area (Å²) in [5, 5.41) is 3.34. The molecule has 1 N–H and O–H groups in total. The van der Waals surface area contributed by atoms with Crippen LogP contribution >= 0.6 is 0 Å². The Morgan fingerprint density at radius 3 is 3.21 bits per heavy atom. The van der Waals surface area contributed by atoms with Crippen molar-refractivity contribution >= 4 is 5.91 Å². The Kier molecular flexibility index (Phi) is 3.27. The minimum atomic E-state index is -0.167. The van der Waals surface area contributed by atoms with E-state index in [1.54, 1.807) is 0 Å². The number of nitrogens with zero attached hydrogens (tertiary/aromatic N) is 2. The molecule has 0 saturated carbocycles. The number of carbonyl (C=O) groups is 1. The van der Waals surface area contributed by atoms with Gasteiger partial charge in [-0.2, -0.15) is 0 Å². The van der Waals surface area contributed by atoms with Gasteiger partial charge in [-0.25, -0.2) is 0 Å². The summed E-state index contributed by atoms with van der Waals surface area (Å²) in [4.78, 5) is 19.3. The zero-order valence-corrected chi connectivity index (χ0v) is 11.5. The number of nitrogens with one attached hydrogen (secondary N) is 1. The molecule has 1 amide bonds. The third-order valence-electron chi connectivity index (χ3n) is 4.63. The molecule has 19 heavy (non-hydrogen) atoms. The van der Waals surface area contributed by atoms with Gasteiger partial charge < -0.3 is 10.2 Å². The number of amides is 1. The molecule has 2 aliphatic rings. The maximum absolute atomic E-state index is 12.8. The molecule has 4 nitrogen and oxygen atoms in total. The first-order chi connectivity index (χ1) is 9.25. The fraction of sp³-hybridized carbons (Fsp3) is 0.600. The lowest BCUT2D eigenvalue weighted by molar-refractivity contribution is -0.142. The van der Waals surface area contributed by atoms with Crippen LogP contribution in [0.2, 0.25) is 0 Å². The van der Waals surface area contributed by atoms with Gasteiger partial charge in [-0.15, -0.1) is 0 Å². The Bertz CT molecular complexity index is 480. The van der Waals surface area contributed by atoms with Gasteiger partial charge in [-0.1, -0.05) is 13.0 Å². The van der Waals surface area contributed by atoms with Crippen LogP contribution in [0.3, 0.4) is 0 Å². The predicted molar refractivity (Wildman–Crippen MR) is 73.6 cm³/mol. The van der Waals surface area contributed by atoms with Crippen LogP contribution in [0.1, 0.15) is 31.0 Å². The van der Waals surface area contributed by atoms with E-state index in [2.05, 4.69) is 23.3 Å². The van der Waals surface area contributed by atoms with E-state index in [0.717, 1.165) is 51.1 Å². The summed E-state index contributed by atoms with van der Waals surface area (Å²) in [5.74, 6) is 0.328. The molecule has 2 aliphatic heterocycles. The van der Waals surface area contributed by atoms with Crippen LogP contribution in [0.15, 0.2) is 18.3 Å². The molecule has 0 radical (unpaired) electrons. The highest BCUT2D eigenvalue weighted by atomic mass is 16.2. The second kappa shape index (κ2) is 4.93. The van der Waals surface area contributed by atoms with Gasteiger partial charge in [-0.3, -0.25) is 9.78 Å². The Hall–Kier alpha value is -1.42. The van der Waals surface area contributed by atoms with Gasteiger partial charge in [0.1, 0.15) is 0 Å². The van der Waals surface area contributed by atoms with E-state index >= 15 is 0 Å². The molecular weight excluding hydrogens is 238 g/mol. The molecule has 0 aliphatic carbocycles. The standard InChI is InChI=1S/C15H21N3O/c1-2-15(6-8-16-11-15)14(19)18-9-5-13-12(10-18)4-3-7-17-13/h3-4,7,16H,2,5-6,8-11H2,1H3. The summed E-state index contributed by atoms with van der Waals surface area (Å²) in [7, 11) is 0. The Morgan fingerprint density at radius 1 is 1.58 bits per heavy atom. The molecule has 0 spiro atoms. The summed E-state index contributed by atoms with van der Waals surface area (Å²) in [6.45, 7) is 5.46. The van der Waals surface area contributed by atoms with Crippen LogP contribution in [0.4, 0.5) is 0 Å². The van der Waals surface area contributed by atoms with Crippen LogP contribution in [-0.2, 0) is 17.8 Å². The van der Waals surface area contributed by atoms with Crippen LogP contribution in [-0.4, -0.2) is 35.4 Å². The fourth-order valence-electron chi connectivity index (χ4n) is 3.25. The number of hydrogen-bond acceptors (Lipinski definition) is 3. The number of hydrogen-bond donors (Lipinski definition) is 1. The lowest BCUT2D eigenvalue weighted by atomic mass is 9.82. The van der Waals surface area contributed by atoms with Crippen molar-refractivity contribution in [2.45, 2.75) is 32.7 Å². The first-order valence-electron chi connectivity index (χ1n) is 7.18. The van der Waals surface area contributed by atoms with Crippen molar-refractivity contribution in [2.24, 2.45) is 5.41 Å². The molecule has 1 aromatic rings. The largest absolute Gasteiger partial charge is 0.337 e. The second-order valence-corrected chi connectivity index (χ2v) is 5.65. The molecule has 102 valence electrons. The quantitative estimate of drug-likeness (QED) is 0.872. The maximum atomic E-state index is 12.8. The fourth-order valence-corrected chi connectivity index (χ4v) is 3.25. The average Bonchev–Trinajstić information content (AvgIpc) is 2.96. The van der Waals surface area contributed by atoms with E-state index in [1.807, 2.05) is 17.2 Å². The monoisotopic (exact) mass is 259 g/mol. The lowest BCUT2D eigenvalue weighted by Gasteiger charge is -2.35. The van der Waals surface area contributed by atoms with Crippen molar-refractivity contribution in [3.05, 3.63) is 29.6 Å². The van der Waals surface area contributed by atoms with Gasteiger partial charge in [0.05, 0.1) is 5.41 Å². The van der Waals surface area contributed by atoms with Gasteiger partial charge in [0.15, 0.2) is 0 Å². The van der Waals surface area contributed by atoms with Crippen molar-refractivity contribution in [1.29, 1.82) is 0 Å². The molecule has 0 aromatic carbocycles. The highest BCUT2D eigenvalue weighted by molar-refractivity contribution is 5.83.